The summed E-state index contributed by atoms with van der Waals surface area (Å²) in [5.74, 6) is 0.183. The maximum Gasteiger partial charge on any atom is 0.234 e. The summed E-state index contributed by atoms with van der Waals surface area (Å²) in [5.41, 5.74) is 8.13. The molecule has 0 aromatic heterocycles. The highest BCUT2D eigenvalue weighted by molar-refractivity contribution is 8.00. The van der Waals surface area contributed by atoms with Gasteiger partial charge < -0.3 is 11.1 Å². The molecule has 2 aromatic rings. The lowest BCUT2D eigenvalue weighted by Gasteiger charge is -2.09. The minimum absolute atomic E-state index is 0.106. The van der Waals surface area contributed by atoms with Gasteiger partial charge in [-0.3, -0.25) is 4.79 Å². The largest absolute Gasteiger partial charge is 0.397 e. The number of carbonyl (C=O) groups is 1. The van der Waals surface area contributed by atoms with Crippen molar-refractivity contribution in [2.24, 2.45) is 0 Å². The average molecular weight is 307 g/mol. The lowest BCUT2D eigenvalue weighted by molar-refractivity contribution is -0.113. The van der Waals surface area contributed by atoms with E-state index in [4.69, 9.17) is 17.3 Å². The van der Waals surface area contributed by atoms with Crippen molar-refractivity contribution in [3.8, 4) is 0 Å². The molecule has 3 N–H and O–H groups in total. The normalized spacial score (nSPS) is 10.3. The summed E-state index contributed by atoms with van der Waals surface area (Å²) in [7, 11) is 0. The lowest BCUT2D eigenvalue weighted by atomic mass is 10.2. The number of rotatable bonds is 4. The van der Waals surface area contributed by atoms with Crippen LogP contribution in [0.25, 0.3) is 0 Å². The first kappa shape index (κ1) is 14.8. The fourth-order valence-corrected chi connectivity index (χ4v) is 2.73. The maximum absolute atomic E-state index is 11.9. The zero-order chi connectivity index (χ0) is 14.5. The zero-order valence-electron chi connectivity index (χ0n) is 11.0. The molecule has 104 valence electrons. The van der Waals surface area contributed by atoms with Gasteiger partial charge in [-0.05, 0) is 36.8 Å². The standard InChI is InChI=1S/C15H15ClN2OS/c1-10-6-7-13(12(17)8-10)18-15(19)9-20-14-5-3-2-4-11(14)16/h2-8H,9,17H2,1H3,(H,18,19). The molecule has 2 aromatic carbocycles. The topological polar surface area (TPSA) is 55.1 Å². The smallest absolute Gasteiger partial charge is 0.234 e. The highest BCUT2D eigenvalue weighted by Gasteiger charge is 2.07. The van der Waals surface area contributed by atoms with E-state index < -0.39 is 0 Å². The third kappa shape index (κ3) is 3.92. The Morgan fingerprint density at radius 2 is 2.05 bits per heavy atom. The van der Waals surface area contributed by atoms with Crippen molar-refractivity contribution in [3.05, 3.63) is 53.1 Å². The van der Waals surface area contributed by atoms with Crippen molar-refractivity contribution in [2.75, 3.05) is 16.8 Å². The van der Waals surface area contributed by atoms with E-state index in [-0.39, 0.29) is 11.7 Å². The molecule has 0 heterocycles. The molecule has 0 saturated carbocycles. The Labute approximate surface area is 127 Å². The molecule has 0 bridgehead atoms. The first-order valence-corrected chi connectivity index (χ1v) is 7.46. The lowest BCUT2D eigenvalue weighted by Crippen LogP contribution is -2.15. The van der Waals surface area contributed by atoms with Crippen LogP contribution in [0.1, 0.15) is 5.56 Å². The van der Waals surface area contributed by atoms with Crippen LogP contribution in [0, 0.1) is 6.92 Å². The molecule has 5 heteroatoms. The number of nitrogens with two attached hydrogens (primary N) is 1. The third-order valence-corrected chi connectivity index (χ3v) is 4.19. The average Bonchev–Trinajstić information content (AvgIpc) is 2.41. The quantitative estimate of drug-likeness (QED) is 0.664. The van der Waals surface area contributed by atoms with Crippen molar-refractivity contribution in [2.45, 2.75) is 11.8 Å². The number of anilines is 2. The van der Waals surface area contributed by atoms with E-state index in [9.17, 15) is 4.79 Å². The molecule has 0 atom stereocenters. The summed E-state index contributed by atoms with van der Waals surface area (Å²) in [6.07, 6.45) is 0. The van der Waals surface area contributed by atoms with E-state index in [1.807, 2.05) is 43.3 Å². The van der Waals surface area contributed by atoms with Gasteiger partial charge in [0.2, 0.25) is 5.91 Å². The summed E-state index contributed by atoms with van der Waals surface area (Å²) in [4.78, 5) is 12.8. The molecular formula is C15H15ClN2OS. The molecule has 2 rings (SSSR count). The van der Waals surface area contributed by atoms with Gasteiger partial charge >= 0.3 is 0 Å². The van der Waals surface area contributed by atoms with Gasteiger partial charge in [-0.2, -0.15) is 0 Å². The minimum Gasteiger partial charge on any atom is -0.397 e. The van der Waals surface area contributed by atoms with Crippen LogP contribution in [-0.4, -0.2) is 11.7 Å². The van der Waals surface area contributed by atoms with E-state index in [0.717, 1.165) is 10.5 Å². The maximum atomic E-state index is 11.9. The van der Waals surface area contributed by atoms with Crippen LogP contribution in [0.2, 0.25) is 5.02 Å². The number of benzene rings is 2. The number of hydrogen-bond donors (Lipinski definition) is 2. The number of nitrogen functional groups attached to an aromatic ring is 1. The molecule has 0 spiro atoms. The third-order valence-electron chi connectivity index (χ3n) is 2.68. The molecule has 0 unspecified atom stereocenters. The summed E-state index contributed by atoms with van der Waals surface area (Å²) in [6.45, 7) is 1.95. The Bertz CT molecular complexity index is 631. The summed E-state index contributed by atoms with van der Waals surface area (Å²) in [6, 6.07) is 13.0. The molecule has 3 nitrogen and oxygen atoms in total. The number of aryl methyl sites for hydroxylation is 1. The molecule has 20 heavy (non-hydrogen) atoms. The monoisotopic (exact) mass is 306 g/mol. The van der Waals surface area contributed by atoms with Gasteiger partial charge in [-0.15, -0.1) is 11.8 Å². The zero-order valence-corrected chi connectivity index (χ0v) is 12.6. The number of carbonyl (C=O) groups excluding carboxylic acids is 1. The van der Waals surface area contributed by atoms with Gasteiger partial charge in [0.15, 0.2) is 0 Å². The second-order valence-electron chi connectivity index (χ2n) is 4.36. The Hall–Kier alpha value is -1.65. The molecule has 0 saturated heterocycles. The number of amides is 1. The first-order valence-electron chi connectivity index (χ1n) is 6.09. The van der Waals surface area contributed by atoms with E-state index in [2.05, 4.69) is 5.32 Å². The van der Waals surface area contributed by atoms with Crippen LogP contribution in [-0.2, 0) is 4.79 Å². The predicted octanol–water partition coefficient (Wildman–Crippen LogP) is 3.96. The fourth-order valence-electron chi connectivity index (χ4n) is 1.69. The number of thioether (sulfide) groups is 1. The summed E-state index contributed by atoms with van der Waals surface area (Å²) < 4.78 is 0. The number of hydrogen-bond acceptors (Lipinski definition) is 3. The first-order chi connectivity index (χ1) is 9.56. The summed E-state index contributed by atoms with van der Waals surface area (Å²) in [5, 5.41) is 3.45. The van der Waals surface area contributed by atoms with Gasteiger partial charge in [-0.25, -0.2) is 0 Å². The number of halogens is 1. The van der Waals surface area contributed by atoms with E-state index in [1.165, 1.54) is 11.8 Å². The van der Waals surface area contributed by atoms with Crippen LogP contribution >= 0.6 is 23.4 Å². The van der Waals surface area contributed by atoms with Crippen molar-refractivity contribution >= 4 is 40.6 Å². The summed E-state index contributed by atoms with van der Waals surface area (Å²) >= 11 is 7.44. The minimum atomic E-state index is -0.106. The van der Waals surface area contributed by atoms with Gasteiger partial charge in [-0.1, -0.05) is 29.8 Å². The predicted molar refractivity (Wildman–Crippen MR) is 86.4 cm³/mol. The van der Waals surface area contributed by atoms with E-state index >= 15 is 0 Å². The van der Waals surface area contributed by atoms with E-state index in [1.54, 1.807) is 6.07 Å². The molecule has 0 aliphatic carbocycles. The van der Waals surface area contributed by atoms with Gasteiger partial charge in [0, 0.05) is 4.90 Å². The Kier molecular flexibility index (Phi) is 4.93. The molecule has 1 amide bonds. The Morgan fingerprint density at radius 3 is 2.75 bits per heavy atom. The highest BCUT2D eigenvalue weighted by atomic mass is 35.5. The fraction of sp³-hybridized carbons (Fsp3) is 0.133. The van der Waals surface area contributed by atoms with Gasteiger partial charge in [0.05, 0.1) is 22.2 Å². The van der Waals surface area contributed by atoms with E-state index in [0.29, 0.717) is 16.4 Å². The highest BCUT2D eigenvalue weighted by Crippen LogP contribution is 2.27. The van der Waals surface area contributed by atoms with Crippen LogP contribution in [0.15, 0.2) is 47.4 Å². The van der Waals surface area contributed by atoms with Gasteiger partial charge in [0.1, 0.15) is 0 Å². The Morgan fingerprint density at radius 1 is 1.30 bits per heavy atom. The second-order valence-corrected chi connectivity index (χ2v) is 5.78. The van der Waals surface area contributed by atoms with Gasteiger partial charge in [0.25, 0.3) is 0 Å². The molecule has 0 aliphatic heterocycles. The Balaban J connectivity index is 1.94. The number of nitrogens with one attached hydrogen (secondary N) is 1. The van der Waals surface area contributed by atoms with Crippen molar-refractivity contribution in [1.29, 1.82) is 0 Å². The van der Waals surface area contributed by atoms with Crippen molar-refractivity contribution < 1.29 is 4.79 Å². The SMILES string of the molecule is Cc1ccc(NC(=O)CSc2ccccc2Cl)c(N)c1. The second kappa shape index (κ2) is 6.68. The van der Waals surface area contributed by atoms with Crippen LogP contribution in [0.5, 0.6) is 0 Å². The van der Waals surface area contributed by atoms with Crippen molar-refractivity contribution in [3.63, 3.8) is 0 Å². The van der Waals surface area contributed by atoms with Crippen LogP contribution < -0.4 is 11.1 Å². The molecule has 0 radical (unpaired) electrons. The van der Waals surface area contributed by atoms with Crippen molar-refractivity contribution in [1.82, 2.24) is 0 Å². The van der Waals surface area contributed by atoms with Crippen LogP contribution in [0.3, 0.4) is 0 Å². The molecule has 0 aliphatic rings. The molecular weight excluding hydrogens is 292 g/mol. The van der Waals surface area contributed by atoms with Crippen LogP contribution in [0.4, 0.5) is 11.4 Å². The molecule has 0 fully saturated rings.